The van der Waals surface area contributed by atoms with Gasteiger partial charge in [-0.1, -0.05) is 12.1 Å². The van der Waals surface area contributed by atoms with Gasteiger partial charge in [0.05, 0.1) is 19.5 Å². The van der Waals surface area contributed by atoms with Crippen LogP contribution in [0.4, 0.5) is 0 Å². The van der Waals surface area contributed by atoms with Crippen LogP contribution in [-0.2, 0) is 25.6 Å². The summed E-state index contributed by atoms with van der Waals surface area (Å²) in [5, 5.41) is 9.61. The maximum atomic E-state index is 10.8. The minimum atomic E-state index is -3.47. The van der Waals surface area contributed by atoms with Gasteiger partial charge in [0.25, 0.3) is 10.1 Å². The van der Waals surface area contributed by atoms with Crippen molar-refractivity contribution in [2.24, 2.45) is 0 Å². The third-order valence-corrected chi connectivity index (χ3v) is 2.60. The van der Waals surface area contributed by atoms with Crippen molar-refractivity contribution >= 4 is 10.1 Å². The summed E-state index contributed by atoms with van der Waals surface area (Å²) in [5.41, 5.74) is 0.604. The highest BCUT2D eigenvalue weighted by molar-refractivity contribution is 7.85. The zero-order chi connectivity index (χ0) is 13.6. The Bertz CT molecular complexity index is 482. The summed E-state index contributed by atoms with van der Waals surface area (Å²) in [6, 6.07) is 4.78. The number of hydrogen-bond acceptors (Lipinski definition) is 6. The van der Waals surface area contributed by atoms with Crippen LogP contribution in [0.3, 0.4) is 0 Å². The summed E-state index contributed by atoms with van der Waals surface area (Å²) in [5.74, 6) is 0.108. The monoisotopic (exact) mass is 276 g/mol. The molecule has 0 unspecified atom stereocenters. The number of phenolic OH excluding ortho intramolecular Hbond substituents is 1. The van der Waals surface area contributed by atoms with E-state index in [1.54, 1.807) is 19.1 Å². The first kappa shape index (κ1) is 14.7. The van der Waals surface area contributed by atoms with Gasteiger partial charge in [0.2, 0.25) is 5.75 Å². The zero-order valence-electron chi connectivity index (χ0n) is 10.3. The maximum absolute atomic E-state index is 10.8. The van der Waals surface area contributed by atoms with Crippen LogP contribution in [0.5, 0.6) is 11.5 Å². The molecule has 18 heavy (non-hydrogen) atoms. The van der Waals surface area contributed by atoms with Crippen molar-refractivity contribution in [3.63, 3.8) is 0 Å². The SMILES string of the molecule is CCOOc1c(O)cccc1CCOS(C)(=O)=O. The van der Waals surface area contributed by atoms with Crippen molar-refractivity contribution in [1.29, 1.82) is 0 Å². The normalized spacial score (nSPS) is 11.4. The molecule has 7 heteroatoms. The van der Waals surface area contributed by atoms with Crippen LogP contribution in [0.15, 0.2) is 18.2 Å². The van der Waals surface area contributed by atoms with Gasteiger partial charge in [0.15, 0.2) is 5.75 Å². The fourth-order valence-electron chi connectivity index (χ4n) is 1.29. The van der Waals surface area contributed by atoms with Crippen molar-refractivity contribution < 1.29 is 27.5 Å². The van der Waals surface area contributed by atoms with E-state index < -0.39 is 10.1 Å². The van der Waals surface area contributed by atoms with Crippen LogP contribution in [-0.4, -0.2) is 33.0 Å². The predicted octanol–water partition coefficient (Wildman–Crippen LogP) is 1.24. The van der Waals surface area contributed by atoms with Crippen molar-refractivity contribution in [3.8, 4) is 11.5 Å². The lowest BCUT2D eigenvalue weighted by molar-refractivity contribution is -0.203. The molecule has 0 aromatic heterocycles. The molecule has 0 amide bonds. The van der Waals surface area contributed by atoms with Gasteiger partial charge in [-0.3, -0.25) is 4.18 Å². The molecule has 1 aromatic carbocycles. The van der Waals surface area contributed by atoms with E-state index >= 15 is 0 Å². The molecule has 6 nitrogen and oxygen atoms in total. The highest BCUT2D eigenvalue weighted by Crippen LogP contribution is 2.30. The van der Waals surface area contributed by atoms with Crippen LogP contribution in [0.1, 0.15) is 12.5 Å². The lowest BCUT2D eigenvalue weighted by atomic mass is 10.1. The van der Waals surface area contributed by atoms with Crippen LogP contribution in [0.25, 0.3) is 0 Å². The first-order valence-corrected chi connectivity index (χ1v) is 7.20. The second-order valence-corrected chi connectivity index (χ2v) is 5.18. The van der Waals surface area contributed by atoms with Crippen molar-refractivity contribution in [1.82, 2.24) is 0 Å². The Balaban J connectivity index is 2.72. The minimum absolute atomic E-state index is 0.0230. The first-order valence-electron chi connectivity index (χ1n) is 5.38. The van der Waals surface area contributed by atoms with E-state index in [1.165, 1.54) is 6.07 Å². The summed E-state index contributed by atoms with van der Waals surface area (Å²) in [6.07, 6.45) is 1.26. The van der Waals surface area contributed by atoms with Crippen molar-refractivity contribution in [3.05, 3.63) is 23.8 Å². The quantitative estimate of drug-likeness (QED) is 0.458. The van der Waals surface area contributed by atoms with Gasteiger partial charge in [0.1, 0.15) is 0 Å². The van der Waals surface area contributed by atoms with Crippen LogP contribution >= 0.6 is 0 Å². The highest BCUT2D eigenvalue weighted by Gasteiger charge is 2.11. The summed E-state index contributed by atoms with van der Waals surface area (Å²) >= 11 is 0. The Kier molecular flexibility index (Phi) is 5.39. The number of hydrogen-bond donors (Lipinski definition) is 1. The maximum Gasteiger partial charge on any atom is 0.264 e. The van der Waals surface area contributed by atoms with Gasteiger partial charge in [-0.05, 0) is 13.0 Å². The molecule has 0 heterocycles. The second-order valence-electron chi connectivity index (χ2n) is 3.53. The highest BCUT2D eigenvalue weighted by atomic mass is 32.2. The van der Waals surface area contributed by atoms with Gasteiger partial charge in [-0.15, -0.1) is 0 Å². The Hall–Kier alpha value is -1.31. The molecule has 1 N–H and O–H groups in total. The number of aromatic hydroxyl groups is 1. The van der Waals surface area contributed by atoms with Crippen molar-refractivity contribution in [2.45, 2.75) is 13.3 Å². The predicted molar refractivity (Wildman–Crippen MR) is 64.9 cm³/mol. The molecule has 0 aliphatic heterocycles. The fraction of sp³-hybridized carbons (Fsp3) is 0.455. The van der Waals surface area contributed by atoms with E-state index in [-0.39, 0.29) is 24.5 Å². The molecule has 1 rings (SSSR count). The molecule has 0 bridgehead atoms. The van der Waals surface area contributed by atoms with Gasteiger partial charge in [0, 0.05) is 12.0 Å². The van der Waals surface area contributed by atoms with E-state index in [0.29, 0.717) is 12.2 Å². The summed E-state index contributed by atoms with van der Waals surface area (Å²) in [4.78, 5) is 9.71. The second kappa shape index (κ2) is 6.58. The number of rotatable bonds is 7. The third kappa shape index (κ3) is 4.91. The molecule has 0 saturated carbocycles. The van der Waals surface area contributed by atoms with Crippen LogP contribution < -0.4 is 4.89 Å². The van der Waals surface area contributed by atoms with E-state index in [2.05, 4.69) is 4.18 Å². The molecule has 102 valence electrons. The Morgan fingerprint density at radius 2 is 2.06 bits per heavy atom. The Labute approximate surface area is 106 Å². The number of phenols is 1. The largest absolute Gasteiger partial charge is 0.504 e. The lowest BCUT2D eigenvalue weighted by Crippen LogP contribution is -2.07. The summed E-state index contributed by atoms with van der Waals surface area (Å²) < 4.78 is 26.3. The molecule has 0 spiro atoms. The molecule has 0 aliphatic rings. The first-order chi connectivity index (χ1) is 8.44. The van der Waals surface area contributed by atoms with E-state index in [9.17, 15) is 13.5 Å². The molecule has 0 aliphatic carbocycles. The molecule has 0 atom stereocenters. The topological polar surface area (TPSA) is 82.1 Å². The van der Waals surface area contributed by atoms with Gasteiger partial charge in [-0.25, -0.2) is 0 Å². The molecule has 0 saturated heterocycles. The summed E-state index contributed by atoms with van der Waals surface area (Å²) in [6.45, 7) is 2.05. The van der Waals surface area contributed by atoms with E-state index in [1.807, 2.05) is 0 Å². The standard InChI is InChI=1S/C11H16O6S/c1-3-15-17-11-9(5-4-6-10(11)12)7-8-16-18(2,13)14/h4-6,12H,3,7-8H2,1-2H3. The molecule has 0 radical (unpaired) electrons. The zero-order valence-corrected chi connectivity index (χ0v) is 11.1. The molecule has 0 fully saturated rings. The molecular formula is C11H16O6S. The fourth-order valence-corrected chi connectivity index (χ4v) is 1.67. The van der Waals surface area contributed by atoms with Gasteiger partial charge >= 0.3 is 0 Å². The number of para-hydroxylation sites is 1. The van der Waals surface area contributed by atoms with Gasteiger partial charge < -0.3 is 9.99 Å². The number of benzene rings is 1. The molecular weight excluding hydrogens is 260 g/mol. The smallest absolute Gasteiger partial charge is 0.264 e. The average molecular weight is 276 g/mol. The average Bonchev–Trinajstić information content (AvgIpc) is 2.26. The van der Waals surface area contributed by atoms with Crippen LogP contribution in [0, 0.1) is 0 Å². The van der Waals surface area contributed by atoms with Crippen LogP contribution in [0.2, 0.25) is 0 Å². The minimum Gasteiger partial charge on any atom is -0.504 e. The van der Waals surface area contributed by atoms with E-state index in [4.69, 9.17) is 9.78 Å². The van der Waals surface area contributed by atoms with E-state index in [0.717, 1.165) is 6.26 Å². The lowest BCUT2D eigenvalue weighted by Gasteiger charge is -2.10. The van der Waals surface area contributed by atoms with Gasteiger partial charge in [-0.2, -0.15) is 13.3 Å². The Morgan fingerprint density at radius 1 is 1.33 bits per heavy atom. The third-order valence-electron chi connectivity index (χ3n) is 2.00. The summed E-state index contributed by atoms with van der Waals surface area (Å²) in [7, 11) is -3.47. The molecule has 1 aromatic rings. The Morgan fingerprint density at radius 3 is 2.67 bits per heavy atom. The van der Waals surface area contributed by atoms with Crippen molar-refractivity contribution in [2.75, 3.05) is 19.5 Å².